The molecule has 1 amide bonds. The maximum Gasteiger partial charge on any atom is 1.00 e. The molecule has 262 valence electrons. The van der Waals surface area contributed by atoms with Crippen LogP contribution in [-0.2, 0) is 9.84 Å². The Balaban J connectivity index is 0.000000896. The Morgan fingerprint density at radius 3 is 2.27 bits per heavy atom. The summed E-state index contributed by atoms with van der Waals surface area (Å²) in [5.74, 6) is 0.463. The molecule has 10 nitrogen and oxygen atoms in total. The van der Waals surface area contributed by atoms with Gasteiger partial charge in [0.15, 0.2) is 9.84 Å². The van der Waals surface area contributed by atoms with Gasteiger partial charge in [0.2, 0.25) is 0 Å². The molecule has 1 saturated heterocycles. The molecule has 7 N–H and O–H groups in total. The molecule has 1 aromatic carbocycles. The molecule has 2 aliphatic rings. The summed E-state index contributed by atoms with van der Waals surface area (Å²) in [5, 5.41) is 3.87. The van der Waals surface area contributed by atoms with E-state index in [2.05, 4.69) is 45.0 Å². The second-order valence-corrected chi connectivity index (χ2v) is 14.0. The number of amides is 1. The zero-order valence-electron chi connectivity index (χ0n) is 29.9. The summed E-state index contributed by atoms with van der Waals surface area (Å²) in [6, 6.07) is 9.48. The van der Waals surface area contributed by atoms with Crippen molar-refractivity contribution in [1.82, 2.24) is 15.2 Å². The fourth-order valence-electron chi connectivity index (χ4n) is 4.96. The molecule has 1 saturated carbocycles. The number of likely N-dealkylation sites (tertiary alicyclic amines) is 1. The van der Waals surface area contributed by atoms with Gasteiger partial charge in [0, 0.05) is 37.6 Å². The molecule has 2 aromatic rings. The van der Waals surface area contributed by atoms with Crippen LogP contribution in [0.2, 0.25) is 0 Å². The number of aliphatic imine (C=N–C) groups is 1. The van der Waals surface area contributed by atoms with E-state index in [1.54, 1.807) is 19.1 Å². The minimum absolute atomic E-state index is 0. The monoisotopic (exact) mass is 707 g/mol. The Kier molecular flexibility index (Phi) is 23.3. The predicted molar refractivity (Wildman–Crippen MR) is 195 cm³/mol. The van der Waals surface area contributed by atoms with E-state index >= 15 is 0 Å². The first-order valence-electron chi connectivity index (χ1n) is 16.2. The van der Waals surface area contributed by atoms with Crippen LogP contribution in [0, 0.1) is 25.1 Å². The standard InChI is InChI=1S/C20H28N6OS.C7H7O2S.C6H13N.C2H6.Na/c1-5-9-16(15(6-2)18(21)23-7-3)26-11-8-10-14(12-26)25-20(27)17-19(22)24-13(4)28-17;1-10(8,9)7-5-3-2-4-6-7;7-6-4-2-1-3-5-6;1-2;/h7,14H,3,5,8,10-12,22H2,1-2,4H3,(H2,21,23)(H,25,27);3-6H,1H3;6H,1-5,7H2;1-2H3;/q-2;-1;;;+1. The van der Waals surface area contributed by atoms with E-state index in [1.807, 2.05) is 27.7 Å². The summed E-state index contributed by atoms with van der Waals surface area (Å²) in [5.41, 5.74) is 19.1. The van der Waals surface area contributed by atoms with Crippen LogP contribution in [0.25, 0.3) is 0 Å². The van der Waals surface area contributed by atoms with Crippen molar-refractivity contribution in [2.24, 2.45) is 16.5 Å². The number of nitrogens with zero attached hydrogens (tertiary/aromatic N) is 3. The van der Waals surface area contributed by atoms with Gasteiger partial charge in [-0.25, -0.2) is 19.1 Å². The maximum atomic E-state index is 12.6. The van der Waals surface area contributed by atoms with Crippen LogP contribution < -0.4 is 52.1 Å². The molecule has 2 fully saturated rings. The number of carbonyl (C=O) groups excluding carboxylic acids is 1. The predicted octanol–water partition coefficient (Wildman–Crippen LogP) is 2.77. The van der Waals surface area contributed by atoms with Gasteiger partial charge in [0.1, 0.15) is 10.7 Å². The smallest absolute Gasteiger partial charge is 0.455 e. The number of benzene rings is 1. The molecule has 0 radical (unpaired) electrons. The van der Waals surface area contributed by atoms with Crippen LogP contribution in [0.3, 0.4) is 0 Å². The number of nitrogens with two attached hydrogens (primary N) is 3. The van der Waals surface area contributed by atoms with Crippen molar-refractivity contribution >= 4 is 38.7 Å². The second kappa shape index (κ2) is 24.6. The topological polar surface area (TPSA) is 170 Å². The fraction of sp³-hybridized carbons (Fsp3) is 0.514. The normalized spacial score (nSPS) is 17.2. The van der Waals surface area contributed by atoms with Crippen molar-refractivity contribution in [3.05, 3.63) is 76.4 Å². The largest absolute Gasteiger partial charge is 1.00 e. The van der Waals surface area contributed by atoms with Gasteiger partial charge in [0.05, 0.1) is 5.01 Å². The zero-order valence-corrected chi connectivity index (χ0v) is 33.6. The molecule has 1 unspecified atom stereocenters. The molecule has 0 bridgehead atoms. The summed E-state index contributed by atoms with van der Waals surface area (Å²) in [7, 11) is -3.02. The summed E-state index contributed by atoms with van der Waals surface area (Å²) in [6.07, 6.45) is 18.3. The van der Waals surface area contributed by atoms with Crippen molar-refractivity contribution in [2.45, 2.75) is 103 Å². The SMILES string of the molecule is C=CN=C(N)C(=[C-]C)C(=[C-]CC)N1CCCC(NC(=O)c2sc(C)nc2N)C1.CC.CS(=O)(=O)c1cc[c-]cc1.NC1CCCCC1.[Na+]. The molecular weight excluding hydrogens is 654 g/mol. The van der Waals surface area contributed by atoms with E-state index in [0.717, 1.165) is 36.5 Å². The average molecular weight is 708 g/mol. The number of rotatable bonds is 8. The number of aromatic nitrogens is 1. The average Bonchev–Trinajstić information content (AvgIpc) is 3.41. The first-order chi connectivity index (χ1) is 22.4. The number of hydrogen-bond donors (Lipinski definition) is 4. The number of hydrogen-bond acceptors (Lipinski definition) is 9. The Morgan fingerprint density at radius 1 is 1.21 bits per heavy atom. The van der Waals surface area contributed by atoms with Gasteiger partial charge < -0.3 is 38.5 Å². The van der Waals surface area contributed by atoms with Crippen LogP contribution >= 0.6 is 11.3 Å². The summed E-state index contributed by atoms with van der Waals surface area (Å²) in [4.78, 5) is 23.8. The van der Waals surface area contributed by atoms with Crippen molar-refractivity contribution in [2.75, 3.05) is 25.1 Å². The van der Waals surface area contributed by atoms with E-state index in [9.17, 15) is 13.2 Å². The number of piperidine rings is 1. The quantitative estimate of drug-likeness (QED) is 0.107. The van der Waals surface area contributed by atoms with Crippen molar-refractivity contribution < 1.29 is 42.8 Å². The Labute approximate surface area is 315 Å². The van der Waals surface area contributed by atoms with Gasteiger partial charge in [-0.15, -0.1) is 24.7 Å². The molecule has 1 aliphatic carbocycles. The van der Waals surface area contributed by atoms with Crippen LogP contribution in [0.15, 0.2) is 58.2 Å². The zero-order chi connectivity index (χ0) is 35.4. The minimum atomic E-state index is -3.02. The Bertz CT molecular complexity index is 1440. The molecule has 1 atom stereocenters. The molecular formula is C35H54N7NaO3S2-2. The number of nitrogen functional groups attached to an aromatic ring is 1. The van der Waals surface area contributed by atoms with Crippen LogP contribution in [-0.4, -0.2) is 61.5 Å². The van der Waals surface area contributed by atoms with Gasteiger partial charge in [-0.05, 0) is 37.5 Å². The van der Waals surface area contributed by atoms with Crippen molar-refractivity contribution in [3.8, 4) is 0 Å². The number of sulfone groups is 1. The summed E-state index contributed by atoms with van der Waals surface area (Å²) >= 11 is 1.31. The van der Waals surface area contributed by atoms with Crippen molar-refractivity contribution in [3.63, 3.8) is 0 Å². The molecule has 2 heterocycles. The number of nitrogens with one attached hydrogen (secondary N) is 1. The van der Waals surface area contributed by atoms with Crippen LogP contribution in [0.4, 0.5) is 5.82 Å². The van der Waals surface area contributed by atoms with Gasteiger partial charge in [-0.3, -0.25) is 16.4 Å². The number of aryl methyl sites for hydroxylation is 1. The summed E-state index contributed by atoms with van der Waals surface area (Å²) in [6.45, 7) is 14.8. The fourth-order valence-corrected chi connectivity index (χ4v) is 6.34. The van der Waals surface area contributed by atoms with E-state index in [0.29, 0.717) is 33.8 Å². The Hall–Kier alpha value is -2.48. The maximum absolute atomic E-state index is 12.6. The third-order valence-electron chi connectivity index (χ3n) is 7.12. The molecule has 1 aliphatic heterocycles. The third-order valence-corrected chi connectivity index (χ3v) is 9.24. The first kappa shape index (κ1) is 45.5. The van der Waals surface area contributed by atoms with E-state index in [4.69, 9.17) is 17.2 Å². The Morgan fingerprint density at radius 2 is 1.83 bits per heavy atom. The number of anilines is 1. The van der Waals surface area contributed by atoms with E-state index in [1.165, 1.54) is 68.0 Å². The second-order valence-electron chi connectivity index (χ2n) is 10.8. The number of carbonyl (C=O) groups is 1. The van der Waals surface area contributed by atoms with E-state index in [-0.39, 0.29) is 47.3 Å². The van der Waals surface area contributed by atoms with Gasteiger partial charge in [-0.2, -0.15) is 30.3 Å². The van der Waals surface area contributed by atoms with Gasteiger partial charge in [0.25, 0.3) is 5.91 Å². The van der Waals surface area contributed by atoms with Crippen LogP contribution in [0.1, 0.15) is 93.7 Å². The van der Waals surface area contributed by atoms with Crippen LogP contribution in [0.5, 0.6) is 0 Å². The molecule has 4 rings (SSSR count). The van der Waals surface area contributed by atoms with E-state index < -0.39 is 9.84 Å². The van der Waals surface area contributed by atoms with Crippen molar-refractivity contribution in [1.29, 1.82) is 0 Å². The first-order valence-corrected chi connectivity index (χ1v) is 18.9. The minimum Gasteiger partial charge on any atom is -0.455 e. The third kappa shape index (κ3) is 16.3. The number of amidine groups is 1. The van der Waals surface area contributed by atoms with Gasteiger partial charge in [-0.1, -0.05) is 52.4 Å². The molecule has 0 spiro atoms. The molecule has 1 aromatic heterocycles. The summed E-state index contributed by atoms with van der Waals surface area (Å²) < 4.78 is 21.6. The molecule has 48 heavy (non-hydrogen) atoms. The number of thiazole rings is 1. The molecule has 13 heteroatoms. The van der Waals surface area contributed by atoms with Gasteiger partial charge >= 0.3 is 29.6 Å². The number of allylic oxidation sites excluding steroid dienone is 2.